The van der Waals surface area contributed by atoms with Crippen molar-refractivity contribution in [1.29, 1.82) is 0 Å². The van der Waals surface area contributed by atoms with Crippen LogP contribution in [0.1, 0.15) is 11.1 Å². The Hall–Kier alpha value is -0.396. The summed E-state index contributed by atoms with van der Waals surface area (Å²) in [6.45, 7) is 4.35. The Bertz CT molecular complexity index is 656. The molecule has 0 aromatic heterocycles. The van der Waals surface area contributed by atoms with Gasteiger partial charge in [-0.05, 0) is 13.8 Å². The van der Waals surface area contributed by atoms with Crippen LogP contribution in [0.2, 0.25) is 0 Å². The summed E-state index contributed by atoms with van der Waals surface area (Å²) in [5.74, 6) is 0. The summed E-state index contributed by atoms with van der Waals surface area (Å²) in [5.41, 5.74) is 2.72. The van der Waals surface area contributed by atoms with Gasteiger partial charge >= 0.3 is 0 Å². The fourth-order valence-electron chi connectivity index (χ4n) is 2.50. The van der Waals surface area contributed by atoms with Gasteiger partial charge in [-0.1, -0.05) is 35.4 Å². The third kappa shape index (κ3) is 4.05. The smallest absolute Gasteiger partial charge is 0.0108 e. The fourth-order valence-corrected chi connectivity index (χ4v) is 2.50. The van der Waals surface area contributed by atoms with Gasteiger partial charge in [0.15, 0.2) is 0 Å². The van der Waals surface area contributed by atoms with E-state index in [1.165, 1.54) is 45.4 Å². The summed E-state index contributed by atoms with van der Waals surface area (Å²) < 4.78 is 0. The van der Waals surface area contributed by atoms with Crippen LogP contribution in [-0.2, 0) is 21.7 Å². The zero-order valence-corrected chi connectivity index (χ0v) is 15.4. The molecule has 0 aliphatic rings. The van der Waals surface area contributed by atoms with Crippen molar-refractivity contribution in [2.75, 3.05) is 12.8 Å². The van der Waals surface area contributed by atoms with Gasteiger partial charge in [0, 0.05) is 34.5 Å². The van der Waals surface area contributed by atoms with Crippen molar-refractivity contribution in [2.24, 2.45) is 0 Å². The van der Waals surface area contributed by atoms with Crippen LogP contribution in [-0.4, -0.2) is 12.8 Å². The molecule has 0 saturated heterocycles. The number of aryl methyl sites for hydroxylation is 2. The van der Waals surface area contributed by atoms with Gasteiger partial charge in [0.2, 0.25) is 0 Å². The van der Waals surface area contributed by atoms with E-state index in [1.807, 2.05) is 0 Å². The molecule has 0 spiro atoms. The monoisotopic (exact) mass is 341 g/mol. The third-order valence-electron chi connectivity index (χ3n) is 3.05. The van der Waals surface area contributed by atoms with E-state index in [4.69, 9.17) is 0 Å². The summed E-state index contributed by atoms with van der Waals surface area (Å²) in [4.78, 5) is 0. The molecule has 0 aliphatic carbocycles. The van der Waals surface area contributed by atoms with Crippen LogP contribution in [0.5, 0.6) is 0 Å². The molecule has 106 valence electrons. The minimum absolute atomic E-state index is 0. The van der Waals surface area contributed by atoms with Crippen molar-refractivity contribution in [2.45, 2.75) is 13.8 Å². The van der Waals surface area contributed by atoms with Crippen LogP contribution in [0.15, 0.2) is 42.5 Å². The predicted octanol–water partition coefficient (Wildman–Crippen LogP) is 6.04. The maximum absolute atomic E-state index is 4.64. The second-order valence-electron chi connectivity index (χ2n) is 4.28. The molecule has 20 heavy (non-hydrogen) atoms. The van der Waals surface area contributed by atoms with Gasteiger partial charge in [-0.3, -0.25) is 0 Å². The van der Waals surface area contributed by atoms with Crippen molar-refractivity contribution < 1.29 is 21.7 Å². The minimum Gasteiger partial charge on any atom is -0.130 e. The molecular weight excluding hydrogens is 323 g/mol. The first kappa shape index (κ1) is 19.6. The second kappa shape index (κ2) is 9.52. The molecule has 0 heterocycles. The van der Waals surface area contributed by atoms with E-state index in [0.29, 0.717) is 0 Å². The topological polar surface area (TPSA) is 0 Å². The van der Waals surface area contributed by atoms with Gasteiger partial charge in [0.25, 0.3) is 0 Å². The number of benzene rings is 2. The molecule has 0 aliphatic heterocycles. The average molecular weight is 342 g/mol. The number of hydrogen-bond acceptors (Lipinski definition) is 0. The van der Waals surface area contributed by atoms with E-state index in [-0.39, 0.29) is 21.7 Å². The van der Waals surface area contributed by atoms with Crippen LogP contribution < -0.4 is 0 Å². The van der Waals surface area contributed by atoms with Gasteiger partial charge < -0.3 is 0 Å². The van der Waals surface area contributed by atoms with Gasteiger partial charge in [-0.15, -0.1) is 62.9 Å². The normalized spacial score (nSPS) is 9.10. The van der Waals surface area contributed by atoms with Crippen molar-refractivity contribution in [3.8, 4) is 0 Å². The van der Waals surface area contributed by atoms with Crippen molar-refractivity contribution >= 4 is 44.7 Å². The summed E-state index contributed by atoms with van der Waals surface area (Å²) in [6.07, 6.45) is 2.94. The number of alkyl halides is 2. The number of fused-ring (bicyclic) bond motifs is 3. The van der Waals surface area contributed by atoms with Crippen molar-refractivity contribution in [1.82, 2.24) is 0 Å². The Kier molecular flexibility index (Phi) is 9.34. The number of rotatable bonds is 0. The molecule has 3 aromatic carbocycles. The van der Waals surface area contributed by atoms with Crippen LogP contribution in [0.3, 0.4) is 0 Å². The quantitative estimate of drug-likeness (QED) is 0.266. The summed E-state index contributed by atoms with van der Waals surface area (Å²) in [6, 6.07) is 15.4. The largest absolute Gasteiger partial charge is 0.130 e. The molecule has 0 fully saturated rings. The van der Waals surface area contributed by atoms with Crippen LogP contribution in [0.25, 0.3) is 21.5 Å². The number of hydrogen-bond donors (Lipinski definition) is 0. The zero-order chi connectivity index (χ0) is 14.4. The van der Waals surface area contributed by atoms with Gasteiger partial charge in [0.05, 0.1) is 0 Å². The summed E-state index contributed by atoms with van der Waals surface area (Å²) >= 11 is 9.28. The molecule has 0 unspecified atom stereocenters. The SMILES string of the molecule is CCl.CCl.Cc1cc(C)c2c(c1)[cH-]c1ccccc12.[Ti]. The maximum atomic E-state index is 4.64. The van der Waals surface area contributed by atoms with E-state index in [1.54, 1.807) is 0 Å². The zero-order valence-electron chi connectivity index (χ0n) is 12.3. The van der Waals surface area contributed by atoms with Gasteiger partial charge in [-0.25, -0.2) is 0 Å². The molecule has 0 nitrogen and oxygen atoms in total. The first-order chi connectivity index (χ1) is 9.25. The van der Waals surface area contributed by atoms with Gasteiger partial charge in [-0.2, -0.15) is 0 Å². The second-order valence-corrected chi connectivity index (χ2v) is 4.28. The van der Waals surface area contributed by atoms with Crippen LogP contribution in [0, 0.1) is 13.8 Å². The summed E-state index contributed by atoms with van der Waals surface area (Å²) in [7, 11) is 0. The van der Waals surface area contributed by atoms with E-state index >= 15 is 0 Å². The molecule has 0 bridgehead atoms. The molecule has 3 aromatic rings. The van der Waals surface area contributed by atoms with Crippen molar-refractivity contribution in [3.05, 3.63) is 53.6 Å². The molecule has 0 N–H and O–H groups in total. The van der Waals surface area contributed by atoms with Crippen molar-refractivity contribution in [3.63, 3.8) is 0 Å². The standard InChI is InChI=1S/C15H13.2CH3Cl.Ti/c1-10-7-11(2)15-13(8-10)9-12-5-3-4-6-14(12)15;2*1-2;/h3-9H,1-2H3;2*1H3;/q-1;;;. The molecule has 0 saturated carbocycles. The van der Waals surface area contributed by atoms with E-state index < -0.39 is 0 Å². The van der Waals surface area contributed by atoms with Gasteiger partial charge in [0.1, 0.15) is 0 Å². The molecular formula is C17H19Cl2Ti-. The van der Waals surface area contributed by atoms with E-state index in [9.17, 15) is 0 Å². The number of halogens is 2. The van der Waals surface area contributed by atoms with E-state index in [2.05, 4.69) is 79.5 Å². The molecule has 0 amide bonds. The average Bonchev–Trinajstić information content (AvgIpc) is 2.81. The Morgan fingerprint density at radius 1 is 0.850 bits per heavy atom. The molecule has 0 atom stereocenters. The first-order valence-electron chi connectivity index (χ1n) is 6.07. The molecule has 3 heteroatoms. The van der Waals surface area contributed by atoms with Crippen LogP contribution in [0.4, 0.5) is 0 Å². The Labute approximate surface area is 146 Å². The maximum Gasteiger partial charge on any atom is 0.0108 e. The fraction of sp³-hybridized carbons (Fsp3) is 0.235. The Balaban J connectivity index is 0.000000667. The first-order valence-corrected chi connectivity index (χ1v) is 7.58. The third-order valence-corrected chi connectivity index (χ3v) is 3.05. The summed E-state index contributed by atoms with van der Waals surface area (Å²) in [5, 5.41) is 5.51. The van der Waals surface area contributed by atoms with Crippen LogP contribution >= 0.6 is 23.2 Å². The minimum atomic E-state index is 0. The molecule has 3 rings (SSSR count). The Morgan fingerprint density at radius 2 is 1.45 bits per heavy atom. The van der Waals surface area contributed by atoms with E-state index in [0.717, 1.165) is 0 Å². The molecule has 0 radical (unpaired) electrons. The predicted molar refractivity (Wildman–Crippen MR) is 90.1 cm³/mol. The Morgan fingerprint density at radius 3 is 2.10 bits per heavy atom.